The molecule has 4 rings (SSSR count). The molecular formula is C17H20O2. The van der Waals surface area contributed by atoms with Crippen LogP contribution in [0, 0.1) is 17.8 Å². The van der Waals surface area contributed by atoms with Crippen molar-refractivity contribution < 1.29 is 9.90 Å². The molecule has 2 nitrogen and oxygen atoms in total. The molecule has 19 heavy (non-hydrogen) atoms. The molecule has 1 saturated carbocycles. The Hall–Kier alpha value is -1.15. The van der Waals surface area contributed by atoms with Crippen LogP contribution in [0.4, 0.5) is 0 Å². The Morgan fingerprint density at radius 2 is 2.05 bits per heavy atom. The SMILES string of the molecule is O=C1C=C2CC[C@@H]3C(=C2CC1)C=C[C@@H]1CC(O)C[C@H]13. The minimum absolute atomic E-state index is 0.103. The van der Waals surface area contributed by atoms with Crippen LogP contribution in [0.1, 0.15) is 38.5 Å². The largest absolute Gasteiger partial charge is 0.393 e. The maximum Gasteiger partial charge on any atom is 0.156 e. The van der Waals surface area contributed by atoms with Crippen molar-refractivity contribution in [2.75, 3.05) is 0 Å². The summed E-state index contributed by atoms with van der Waals surface area (Å²) < 4.78 is 0. The van der Waals surface area contributed by atoms with Crippen molar-refractivity contribution in [1.29, 1.82) is 0 Å². The van der Waals surface area contributed by atoms with Gasteiger partial charge in [0.25, 0.3) is 0 Å². The van der Waals surface area contributed by atoms with Gasteiger partial charge in [-0.2, -0.15) is 0 Å². The second-order valence-corrected chi connectivity index (χ2v) is 6.53. The van der Waals surface area contributed by atoms with Gasteiger partial charge in [-0.25, -0.2) is 0 Å². The van der Waals surface area contributed by atoms with Gasteiger partial charge in [0.1, 0.15) is 0 Å². The number of carbonyl (C=O) groups excluding carboxylic acids is 1. The van der Waals surface area contributed by atoms with Crippen LogP contribution in [-0.2, 0) is 4.79 Å². The average Bonchev–Trinajstić information content (AvgIpc) is 2.78. The quantitative estimate of drug-likeness (QED) is 0.723. The molecule has 1 unspecified atom stereocenters. The van der Waals surface area contributed by atoms with Crippen LogP contribution in [-0.4, -0.2) is 17.0 Å². The molecule has 0 amide bonds. The van der Waals surface area contributed by atoms with E-state index < -0.39 is 0 Å². The molecule has 0 aromatic heterocycles. The monoisotopic (exact) mass is 256 g/mol. The van der Waals surface area contributed by atoms with Gasteiger partial charge in [-0.3, -0.25) is 4.79 Å². The summed E-state index contributed by atoms with van der Waals surface area (Å²) in [7, 11) is 0. The van der Waals surface area contributed by atoms with Crippen LogP contribution in [0.3, 0.4) is 0 Å². The molecule has 1 N–H and O–H groups in total. The molecule has 0 aromatic carbocycles. The van der Waals surface area contributed by atoms with Crippen LogP contribution >= 0.6 is 0 Å². The summed E-state index contributed by atoms with van der Waals surface area (Å²) in [6, 6.07) is 0. The minimum atomic E-state index is -0.103. The molecular weight excluding hydrogens is 236 g/mol. The maximum atomic E-state index is 11.6. The molecule has 0 saturated heterocycles. The summed E-state index contributed by atoms with van der Waals surface area (Å²) >= 11 is 0. The van der Waals surface area contributed by atoms with Crippen LogP contribution < -0.4 is 0 Å². The van der Waals surface area contributed by atoms with Gasteiger partial charge in [-0.15, -0.1) is 0 Å². The summed E-state index contributed by atoms with van der Waals surface area (Å²) in [4.78, 5) is 11.6. The summed E-state index contributed by atoms with van der Waals surface area (Å²) in [6.45, 7) is 0. The lowest BCUT2D eigenvalue weighted by Gasteiger charge is -2.38. The molecule has 4 aliphatic rings. The van der Waals surface area contributed by atoms with E-state index in [4.69, 9.17) is 0 Å². The summed E-state index contributed by atoms with van der Waals surface area (Å²) in [5, 5.41) is 9.91. The second-order valence-electron chi connectivity index (χ2n) is 6.53. The molecule has 100 valence electrons. The first kappa shape index (κ1) is 11.7. The molecule has 4 aliphatic carbocycles. The summed E-state index contributed by atoms with van der Waals surface area (Å²) in [6.07, 6.45) is 12.1. The highest BCUT2D eigenvalue weighted by Gasteiger charge is 2.42. The van der Waals surface area contributed by atoms with E-state index in [2.05, 4.69) is 12.2 Å². The van der Waals surface area contributed by atoms with Crippen molar-refractivity contribution in [2.45, 2.75) is 44.6 Å². The third-order valence-electron chi connectivity index (χ3n) is 5.50. The zero-order valence-corrected chi connectivity index (χ0v) is 11.1. The number of hydrogen-bond donors (Lipinski definition) is 1. The highest BCUT2D eigenvalue weighted by Crippen LogP contribution is 2.51. The van der Waals surface area contributed by atoms with E-state index in [1.807, 2.05) is 6.08 Å². The second kappa shape index (κ2) is 4.17. The Morgan fingerprint density at radius 1 is 1.16 bits per heavy atom. The van der Waals surface area contributed by atoms with Crippen LogP contribution in [0.5, 0.6) is 0 Å². The molecule has 0 bridgehead atoms. The lowest BCUT2D eigenvalue weighted by Crippen LogP contribution is -2.28. The van der Waals surface area contributed by atoms with E-state index in [0.717, 1.165) is 32.1 Å². The fourth-order valence-corrected chi connectivity index (χ4v) is 4.66. The zero-order valence-electron chi connectivity index (χ0n) is 11.1. The summed E-state index contributed by atoms with van der Waals surface area (Å²) in [5.41, 5.74) is 4.23. The number of allylic oxidation sites excluding steroid dienone is 6. The van der Waals surface area contributed by atoms with E-state index in [1.165, 1.54) is 16.7 Å². The van der Waals surface area contributed by atoms with Crippen LogP contribution in [0.25, 0.3) is 0 Å². The van der Waals surface area contributed by atoms with Crippen molar-refractivity contribution in [2.24, 2.45) is 17.8 Å². The van der Waals surface area contributed by atoms with Gasteiger partial charge in [0.15, 0.2) is 5.78 Å². The van der Waals surface area contributed by atoms with Crippen LogP contribution in [0.2, 0.25) is 0 Å². The Morgan fingerprint density at radius 3 is 2.95 bits per heavy atom. The normalized spacial score (nSPS) is 40.7. The van der Waals surface area contributed by atoms with E-state index in [1.54, 1.807) is 0 Å². The predicted octanol–water partition coefficient (Wildman–Crippen LogP) is 2.94. The number of fused-ring (bicyclic) bond motifs is 4. The third-order valence-corrected chi connectivity index (χ3v) is 5.50. The third kappa shape index (κ3) is 1.77. The van der Waals surface area contributed by atoms with Gasteiger partial charge in [0, 0.05) is 6.42 Å². The first-order valence-electron chi connectivity index (χ1n) is 7.55. The minimum Gasteiger partial charge on any atom is -0.393 e. The molecule has 0 spiro atoms. The van der Waals surface area contributed by atoms with Gasteiger partial charge in [-0.1, -0.05) is 12.2 Å². The number of hydrogen-bond acceptors (Lipinski definition) is 2. The highest BCUT2D eigenvalue weighted by atomic mass is 16.3. The predicted molar refractivity (Wildman–Crippen MR) is 73.4 cm³/mol. The van der Waals surface area contributed by atoms with E-state index in [-0.39, 0.29) is 6.10 Å². The number of rotatable bonds is 0. The summed E-state index contributed by atoms with van der Waals surface area (Å²) in [5.74, 6) is 2.15. The molecule has 0 aliphatic heterocycles. The van der Waals surface area contributed by atoms with Crippen molar-refractivity contribution >= 4 is 5.78 Å². The molecule has 0 aromatic rings. The first-order valence-corrected chi connectivity index (χ1v) is 7.55. The van der Waals surface area contributed by atoms with Crippen molar-refractivity contribution in [3.63, 3.8) is 0 Å². The van der Waals surface area contributed by atoms with Gasteiger partial charge in [-0.05, 0) is 72.7 Å². The smallest absolute Gasteiger partial charge is 0.156 e. The molecule has 1 fully saturated rings. The fraction of sp³-hybridized carbons (Fsp3) is 0.588. The first-order chi connectivity index (χ1) is 9.22. The van der Waals surface area contributed by atoms with E-state index in [9.17, 15) is 9.90 Å². The zero-order chi connectivity index (χ0) is 13.0. The number of ketones is 1. The van der Waals surface area contributed by atoms with Crippen molar-refractivity contribution in [3.05, 3.63) is 34.9 Å². The van der Waals surface area contributed by atoms with Crippen molar-refractivity contribution in [1.82, 2.24) is 0 Å². The Labute approximate surface area is 113 Å². The number of aliphatic hydroxyl groups excluding tert-OH is 1. The molecule has 2 heteroatoms. The number of carbonyl (C=O) groups is 1. The van der Waals surface area contributed by atoms with Gasteiger partial charge >= 0.3 is 0 Å². The molecule has 0 heterocycles. The lowest BCUT2D eigenvalue weighted by atomic mass is 9.66. The molecule has 0 radical (unpaired) electrons. The topological polar surface area (TPSA) is 37.3 Å². The maximum absolute atomic E-state index is 11.6. The lowest BCUT2D eigenvalue weighted by molar-refractivity contribution is -0.114. The fourth-order valence-electron chi connectivity index (χ4n) is 4.66. The van der Waals surface area contributed by atoms with Gasteiger partial charge < -0.3 is 5.11 Å². The van der Waals surface area contributed by atoms with Gasteiger partial charge in [0.2, 0.25) is 0 Å². The van der Waals surface area contributed by atoms with E-state index >= 15 is 0 Å². The van der Waals surface area contributed by atoms with E-state index in [0.29, 0.717) is 30.0 Å². The number of aliphatic hydroxyl groups is 1. The molecule has 4 atom stereocenters. The van der Waals surface area contributed by atoms with Crippen molar-refractivity contribution in [3.8, 4) is 0 Å². The standard InChI is InChI=1S/C17H20O2/c18-12-3-6-14-10(7-12)1-5-16-15(14)4-2-11-8-13(19)9-17(11)16/h2,4,7,11,13,16-17,19H,1,3,5-6,8-9H2/t11-,13?,16-,17-/m1/s1. The Bertz CT molecular complexity index is 523. The Balaban J connectivity index is 1.76. The van der Waals surface area contributed by atoms with Crippen LogP contribution in [0.15, 0.2) is 34.9 Å². The van der Waals surface area contributed by atoms with Gasteiger partial charge in [0.05, 0.1) is 6.10 Å². The Kier molecular flexibility index (Phi) is 2.56. The average molecular weight is 256 g/mol. The highest BCUT2D eigenvalue weighted by molar-refractivity contribution is 5.93.